The third kappa shape index (κ3) is 3.47. The molecule has 0 spiro atoms. The van der Waals surface area contributed by atoms with E-state index in [1.54, 1.807) is 0 Å². The van der Waals surface area contributed by atoms with E-state index in [1.165, 1.54) is 5.56 Å². The van der Waals surface area contributed by atoms with Gasteiger partial charge in [-0.25, -0.2) is 0 Å². The number of aliphatic hydroxyl groups excluding tert-OH is 2. The lowest BCUT2D eigenvalue weighted by Crippen LogP contribution is -2.15. The van der Waals surface area contributed by atoms with Gasteiger partial charge in [-0.15, -0.1) is 6.58 Å². The van der Waals surface area contributed by atoms with Crippen molar-refractivity contribution in [2.24, 2.45) is 5.92 Å². The van der Waals surface area contributed by atoms with Crippen LogP contribution in [0.25, 0.3) is 0 Å². The molecule has 16 heavy (non-hydrogen) atoms. The summed E-state index contributed by atoms with van der Waals surface area (Å²) in [7, 11) is 0. The van der Waals surface area contributed by atoms with Crippen molar-refractivity contribution >= 4 is 0 Å². The van der Waals surface area contributed by atoms with E-state index in [1.807, 2.05) is 36.4 Å². The van der Waals surface area contributed by atoms with Gasteiger partial charge in [0, 0.05) is 19.1 Å². The van der Waals surface area contributed by atoms with E-state index in [2.05, 4.69) is 6.58 Å². The average molecular weight is 220 g/mol. The van der Waals surface area contributed by atoms with Crippen molar-refractivity contribution < 1.29 is 10.2 Å². The molecule has 88 valence electrons. The number of hydrogen-bond donors (Lipinski definition) is 2. The maximum Gasteiger partial charge on any atom is 0.0468 e. The highest BCUT2D eigenvalue weighted by molar-refractivity contribution is 5.24. The Kier molecular flexibility index (Phi) is 5.83. The summed E-state index contributed by atoms with van der Waals surface area (Å²) in [5.74, 6) is 0.310. The van der Waals surface area contributed by atoms with Gasteiger partial charge >= 0.3 is 0 Å². The van der Waals surface area contributed by atoms with Crippen molar-refractivity contribution in [3.8, 4) is 0 Å². The first-order valence-electron chi connectivity index (χ1n) is 5.72. The van der Waals surface area contributed by atoms with Crippen LogP contribution < -0.4 is 0 Å². The van der Waals surface area contributed by atoms with Gasteiger partial charge in [0.2, 0.25) is 0 Å². The lowest BCUT2D eigenvalue weighted by atomic mass is 9.84. The van der Waals surface area contributed by atoms with Crippen molar-refractivity contribution in [1.82, 2.24) is 0 Å². The molecule has 2 nitrogen and oxygen atoms in total. The fourth-order valence-corrected chi connectivity index (χ4v) is 2.01. The number of benzene rings is 1. The van der Waals surface area contributed by atoms with Crippen molar-refractivity contribution in [1.29, 1.82) is 0 Å². The molecule has 1 aromatic carbocycles. The van der Waals surface area contributed by atoms with E-state index in [0.717, 1.165) is 12.8 Å². The molecular formula is C14H20O2. The fourth-order valence-electron chi connectivity index (χ4n) is 2.01. The first-order valence-corrected chi connectivity index (χ1v) is 5.72. The zero-order chi connectivity index (χ0) is 11.8. The normalized spacial score (nSPS) is 14.4. The van der Waals surface area contributed by atoms with Crippen LogP contribution in [0.4, 0.5) is 0 Å². The molecule has 0 aliphatic rings. The smallest absolute Gasteiger partial charge is 0.0468 e. The van der Waals surface area contributed by atoms with Crippen LogP contribution in [0, 0.1) is 5.92 Å². The second-order valence-electron chi connectivity index (χ2n) is 3.98. The van der Waals surface area contributed by atoms with Crippen LogP contribution in [-0.2, 0) is 0 Å². The van der Waals surface area contributed by atoms with Crippen LogP contribution in [0.5, 0.6) is 0 Å². The van der Waals surface area contributed by atoms with Crippen molar-refractivity contribution in [2.45, 2.75) is 18.8 Å². The summed E-state index contributed by atoms with van der Waals surface area (Å²) in [6, 6.07) is 10.1. The Morgan fingerprint density at radius 1 is 1.19 bits per heavy atom. The summed E-state index contributed by atoms with van der Waals surface area (Å²) in [6.07, 6.45) is 3.43. The quantitative estimate of drug-likeness (QED) is 0.692. The van der Waals surface area contributed by atoms with E-state index < -0.39 is 0 Å². The van der Waals surface area contributed by atoms with E-state index in [0.29, 0.717) is 0 Å². The lowest BCUT2D eigenvalue weighted by molar-refractivity contribution is 0.191. The molecule has 0 saturated heterocycles. The predicted octanol–water partition coefficient (Wildman–Crippen LogP) is 2.34. The van der Waals surface area contributed by atoms with Crippen molar-refractivity contribution in [3.63, 3.8) is 0 Å². The summed E-state index contributed by atoms with van der Waals surface area (Å²) in [5, 5.41) is 18.2. The summed E-state index contributed by atoms with van der Waals surface area (Å²) < 4.78 is 0. The molecule has 2 N–H and O–H groups in total. The Morgan fingerprint density at radius 2 is 1.88 bits per heavy atom. The van der Waals surface area contributed by atoms with Crippen molar-refractivity contribution in [3.05, 3.63) is 48.6 Å². The fraction of sp³-hybridized carbons (Fsp3) is 0.429. The number of aliphatic hydroxyl groups is 2. The van der Waals surface area contributed by atoms with Crippen LogP contribution in [-0.4, -0.2) is 23.4 Å². The molecule has 0 fully saturated rings. The van der Waals surface area contributed by atoms with E-state index in [-0.39, 0.29) is 25.0 Å². The molecule has 0 radical (unpaired) electrons. The van der Waals surface area contributed by atoms with E-state index in [4.69, 9.17) is 5.11 Å². The SMILES string of the molecule is C=C[C@H](c1ccccc1)[C@H](CO)CCCO. The van der Waals surface area contributed by atoms with Crippen LogP contribution >= 0.6 is 0 Å². The van der Waals surface area contributed by atoms with Gasteiger partial charge in [-0.1, -0.05) is 36.4 Å². The van der Waals surface area contributed by atoms with Crippen LogP contribution in [0.1, 0.15) is 24.3 Å². The summed E-state index contributed by atoms with van der Waals surface area (Å²) in [5.41, 5.74) is 1.18. The molecule has 2 atom stereocenters. The molecule has 1 aromatic rings. The first kappa shape index (κ1) is 12.9. The third-order valence-corrected chi connectivity index (χ3v) is 2.91. The van der Waals surface area contributed by atoms with Gasteiger partial charge in [-0.05, 0) is 24.3 Å². The second kappa shape index (κ2) is 7.20. The second-order valence-corrected chi connectivity index (χ2v) is 3.98. The van der Waals surface area contributed by atoms with Crippen LogP contribution in [0.3, 0.4) is 0 Å². The highest BCUT2D eigenvalue weighted by Crippen LogP contribution is 2.28. The van der Waals surface area contributed by atoms with E-state index >= 15 is 0 Å². The van der Waals surface area contributed by atoms with E-state index in [9.17, 15) is 5.11 Å². The van der Waals surface area contributed by atoms with Gasteiger partial charge in [0.1, 0.15) is 0 Å². The summed E-state index contributed by atoms with van der Waals surface area (Å²) in [6.45, 7) is 4.15. The van der Waals surface area contributed by atoms with Crippen LogP contribution in [0.2, 0.25) is 0 Å². The minimum absolute atomic E-state index is 0.131. The molecule has 0 unspecified atom stereocenters. The topological polar surface area (TPSA) is 40.5 Å². The maximum atomic E-state index is 9.39. The molecule has 2 heteroatoms. The zero-order valence-electron chi connectivity index (χ0n) is 9.55. The van der Waals surface area contributed by atoms with Gasteiger partial charge in [0.15, 0.2) is 0 Å². The number of hydrogen-bond acceptors (Lipinski definition) is 2. The summed E-state index contributed by atoms with van der Waals surface area (Å²) >= 11 is 0. The van der Waals surface area contributed by atoms with Gasteiger partial charge in [-0.3, -0.25) is 0 Å². The molecular weight excluding hydrogens is 200 g/mol. The maximum absolute atomic E-state index is 9.39. The lowest BCUT2D eigenvalue weighted by Gasteiger charge is -2.22. The Balaban J connectivity index is 2.75. The van der Waals surface area contributed by atoms with Crippen molar-refractivity contribution in [2.75, 3.05) is 13.2 Å². The van der Waals surface area contributed by atoms with Gasteiger partial charge in [0.25, 0.3) is 0 Å². The molecule has 0 saturated carbocycles. The van der Waals surface area contributed by atoms with Gasteiger partial charge in [-0.2, -0.15) is 0 Å². The highest BCUT2D eigenvalue weighted by Gasteiger charge is 2.18. The molecule has 0 aliphatic carbocycles. The molecule has 0 aromatic heterocycles. The molecule has 0 amide bonds. The molecule has 0 aliphatic heterocycles. The Morgan fingerprint density at radius 3 is 2.38 bits per heavy atom. The van der Waals surface area contributed by atoms with Gasteiger partial charge < -0.3 is 10.2 Å². The minimum Gasteiger partial charge on any atom is -0.396 e. The predicted molar refractivity (Wildman–Crippen MR) is 66.3 cm³/mol. The largest absolute Gasteiger partial charge is 0.396 e. The Hall–Kier alpha value is -1.12. The first-order chi connectivity index (χ1) is 7.83. The molecule has 0 bridgehead atoms. The average Bonchev–Trinajstić information content (AvgIpc) is 2.35. The Labute approximate surface area is 97.2 Å². The standard InChI is InChI=1S/C14H20O2/c1-2-14(12-7-4-3-5-8-12)13(11-16)9-6-10-15/h2-5,7-8,13-16H,1,6,9-11H2/t13-,14+/m0/s1. The number of rotatable bonds is 7. The summed E-state index contributed by atoms with van der Waals surface area (Å²) in [4.78, 5) is 0. The molecule has 1 rings (SSSR count). The van der Waals surface area contributed by atoms with Gasteiger partial charge in [0.05, 0.1) is 0 Å². The highest BCUT2D eigenvalue weighted by atomic mass is 16.3. The zero-order valence-corrected chi connectivity index (χ0v) is 9.55. The Bertz CT molecular complexity index is 295. The molecule has 0 heterocycles. The number of allylic oxidation sites excluding steroid dienone is 1. The third-order valence-electron chi connectivity index (χ3n) is 2.91. The van der Waals surface area contributed by atoms with Crippen LogP contribution in [0.15, 0.2) is 43.0 Å². The monoisotopic (exact) mass is 220 g/mol. The minimum atomic E-state index is 0.131.